The number of primary amides is 1. The Bertz CT molecular complexity index is 381. The van der Waals surface area contributed by atoms with Gasteiger partial charge >= 0.3 is 0 Å². The summed E-state index contributed by atoms with van der Waals surface area (Å²) in [7, 11) is 0. The average molecular weight is 227 g/mol. The summed E-state index contributed by atoms with van der Waals surface area (Å²) in [6.45, 7) is 0. The number of hydrogen-bond donors (Lipinski definition) is 2. The second kappa shape index (κ2) is 4.21. The standard InChI is InChI=1S/C11H14N2O.ClH/c12-10(14)11(13)6-5-8-3-1-2-4-9(8)7-11;/h1-4H,5-7,13H2,(H2,12,14);1H. The molecule has 1 aromatic carbocycles. The molecule has 1 aliphatic carbocycles. The van der Waals surface area contributed by atoms with E-state index < -0.39 is 11.4 Å². The molecule has 15 heavy (non-hydrogen) atoms. The molecule has 0 bridgehead atoms. The van der Waals surface area contributed by atoms with Crippen LogP contribution in [-0.4, -0.2) is 11.4 Å². The highest BCUT2D eigenvalue weighted by atomic mass is 35.5. The Kier molecular flexibility index (Phi) is 3.37. The summed E-state index contributed by atoms with van der Waals surface area (Å²) in [6.07, 6.45) is 2.06. The van der Waals surface area contributed by atoms with E-state index in [1.54, 1.807) is 0 Å². The predicted molar refractivity (Wildman–Crippen MR) is 61.8 cm³/mol. The Morgan fingerprint density at radius 2 is 1.87 bits per heavy atom. The molecule has 1 unspecified atom stereocenters. The van der Waals surface area contributed by atoms with E-state index >= 15 is 0 Å². The van der Waals surface area contributed by atoms with Gasteiger partial charge in [0.2, 0.25) is 5.91 Å². The van der Waals surface area contributed by atoms with Gasteiger partial charge in [-0.1, -0.05) is 24.3 Å². The first kappa shape index (κ1) is 12.0. The number of carbonyl (C=O) groups excluding carboxylic acids is 1. The lowest BCUT2D eigenvalue weighted by Gasteiger charge is -2.31. The molecule has 0 heterocycles. The van der Waals surface area contributed by atoms with Gasteiger partial charge in [-0.2, -0.15) is 0 Å². The van der Waals surface area contributed by atoms with Gasteiger partial charge in [-0.05, 0) is 30.4 Å². The van der Waals surface area contributed by atoms with Crippen LogP contribution in [0.2, 0.25) is 0 Å². The second-order valence-electron chi connectivity index (χ2n) is 3.97. The number of aryl methyl sites for hydroxylation is 1. The molecule has 4 N–H and O–H groups in total. The van der Waals surface area contributed by atoms with Gasteiger partial charge in [0, 0.05) is 0 Å². The van der Waals surface area contributed by atoms with Crippen molar-refractivity contribution in [2.45, 2.75) is 24.8 Å². The molecular weight excluding hydrogens is 212 g/mol. The number of nitrogens with two attached hydrogens (primary N) is 2. The summed E-state index contributed by atoms with van der Waals surface area (Å²) in [6, 6.07) is 8.06. The maximum atomic E-state index is 11.2. The molecule has 1 aromatic rings. The average Bonchev–Trinajstić information content (AvgIpc) is 2.17. The fourth-order valence-corrected chi connectivity index (χ4v) is 1.97. The van der Waals surface area contributed by atoms with Crippen LogP contribution in [0.25, 0.3) is 0 Å². The van der Waals surface area contributed by atoms with Crippen LogP contribution in [-0.2, 0) is 17.6 Å². The first-order valence-corrected chi connectivity index (χ1v) is 4.77. The first-order valence-electron chi connectivity index (χ1n) is 4.77. The van der Waals surface area contributed by atoms with E-state index in [9.17, 15) is 4.79 Å². The zero-order valence-electron chi connectivity index (χ0n) is 8.40. The van der Waals surface area contributed by atoms with Crippen LogP contribution in [0.4, 0.5) is 0 Å². The smallest absolute Gasteiger partial charge is 0.237 e. The lowest BCUT2D eigenvalue weighted by Crippen LogP contribution is -2.55. The van der Waals surface area contributed by atoms with Crippen molar-refractivity contribution >= 4 is 18.3 Å². The van der Waals surface area contributed by atoms with Crippen LogP contribution in [0.3, 0.4) is 0 Å². The molecule has 0 saturated heterocycles. The number of benzene rings is 1. The third kappa shape index (κ3) is 2.13. The maximum absolute atomic E-state index is 11.2. The number of fused-ring (bicyclic) bond motifs is 1. The number of rotatable bonds is 1. The van der Waals surface area contributed by atoms with E-state index in [1.165, 1.54) is 5.56 Å². The molecule has 2 rings (SSSR count). The van der Waals surface area contributed by atoms with Gasteiger partial charge in [0.15, 0.2) is 0 Å². The molecule has 3 nitrogen and oxygen atoms in total. The quantitative estimate of drug-likeness (QED) is 0.743. The highest BCUT2D eigenvalue weighted by Crippen LogP contribution is 2.26. The molecule has 82 valence electrons. The van der Waals surface area contributed by atoms with Crippen LogP contribution >= 0.6 is 12.4 Å². The van der Waals surface area contributed by atoms with Crippen molar-refractivity contribution in [3.8, 4) is 0 Å². The Labute approximate surface area is 95.2 Å². The monoisotopic (exact) mass is 226 g/mol. The summed E-state index contributed by atoms with van der Waals surface area (Å²) in [4.78, 5) is 11.2. The molecule has 0 aliphatic heterocycles. The van der Waals surface area contributed by atoms with Crippen molar-refractivity contribution in [3.63, 3.8) is 0 Å². The summed E-state index contributed by atoms with van der Waals surface area (Å²) in [5.41, 5.74) is 12.8. The van der Waals surface area contributed by atoms with Crippen molar-refractivity contribution in [1.29, 1.82) is 0 Å². The highest BCUT2D eigenvalue weighted by molar-refractivity contribution is 5.85. The van der Waals surface area contributed by atoms with E-state index in [4.69, 9.17) is 11.5 Å². The highest BCUT2D eigenvalue weighted by Gasteiger charge is 2.35. The Hall–Kier alpha value is -1.06. The molecule has 0 saturated carbocycles. The van der Waals surface area contributed by atoms with E-state index in [0.29, 0.717) is 12.8 Å². The van der Waals surface area contributed by atoms with Crippen molar-refractivity contribution in [2.75, 3.05) is 0 Å². The van der Waals surface area contributed by atoms with Crippen LogP contribution in [0.1, 0.15) is 17.5 Å². The van der Waals surface area contributed by atoms with Gasteiger partial charge in [0.25, 0.3) is 0 Å². The molecule has 0 radical (unpaired) electrons. The Balaban J connectivity index is 0.00000112. The summed E-state index contributed by atoms with van der Waals surface area (Å²) >= 11 is 0. The van der Waals surface area contributed by atoms with Crippen LogP contribution in [0.5, 0.6) is 0 Å². The van der Waals surface area contributed by atoms with E-state index in [2.05, 4.69) is 6.07 Å². The SMILES string of the molecule is Cl.NC(=O)C1(N)CCc2ccccc2C1. The lowest BCUT2D eigenvalue weighted by atomic mass is 9.78. The minimum Gasteiger partial charge on any atom is -0.368 e. The minimum absolute atomic E-state index is 0. The Morgan fingerprint density at radius 1 is 1.27 bits per heavy atom. The maximum Gasteiger partial charge on any atom is 0.237 e. The van der Waals surface area contributed by atoms with Gasteiger partial charge in [0.1, 0.15) is 0 Å². The van der Waals surface area contributed by atoms with Crippen LogP contribution in [0.15, 0.2) is 24.3 Å². The molecular formula is C11H15ClN2O. The number of halogens is 1. The van der Waals surface area contributed by atoms with Gasteiger partial charge in [0.05, 0.1) is 5.54 Å². The third-order valence-electron chi connectivity index (χ3n) is 2.96. The number of hydrogen-bond acceptors (Lipinski definition) is 2. The van der Waals surface area contributed by atoms with Crippen molar-refractivity contribution in [1.82, 2.24) is 0 Å². The molecule has 1 atom stereocenters. The molecule has 1 aliphatic rings. The number of amides is 1. The summed E-state index contributed by atoms with van der Waals surface area (Å²) in [5, 5.41) is 0. The molecule has 0 spiro atoms. The molecule has 0 aromatic heterocycles. The number of carbonyl (C=O) groups is 1. The van der Waals surface area contributed by atoms with Crippen LogP contribution < -0.4 is 11.5 Å². The van der Waals surface area contributed by atoms with E-state index in [0.717, 1.165) is 12.0 Å². The van der Waals surface area contributed by atoms with Crippen molar-refractivity contribution in [3.05, 3.63) is 35.4 Å². The van der Waals surface area contributed by atoms with Gasteiger partial charge < -0.3 is 11.5 Å². The van der Waals surface area contributed by atoms with Gasteiger partial charge in [-0.25, -0.2) is 0 Å². The second-order valence-corrected chi connectivity index (χ2v) is 3.97. The Morgan fingerprint density at radius 3 is 2.47 bits per heavy atom. The fourth-order valence-electron chi connectivity index (χ4n) is 1.97. The zero-order chi connectivity index (χ0) is 10.2. The molecule has 1 amide bonds. The van der Waals surface area contributed by atoms with Crippen molar-refractivity contribution in [2.24, 2.45) is 11.5 Å². The minimum atomic E-state index is -0.839. The van der Waals surface area contributed by atoms with Gasteiger partial charge in [-0.3, -0.25) is 4.79 Å². The zero-order valence-corrected chi connectivity index (χ0v) is 9.22. The largest absolute Gasteiger partial charge is 0.368 e. The van der Waals surface area contributed by atoms with Crippen molar-refractivity contribution < 1.29 is 4.79 Å². The first-order chi connectivity index (χ1) is 6.62. The molecule has 0 fully saturated rings. The fraction of sp³-hybridized carbons (Fsp3) is 0.364. The van der Waals surface area contributed by atoms with Crippen LogP contribution in [0, 0.1) is 0 Å². The third-order valence-corrected chi connectivity index (χ3v) is 2.96. The summed E-state index contributed by atoms with van der Waals surface area (Å²) in [5.74, 6) is -0.396. The topological polar surface area (TPSA) is 69.1 Å². The van der Waals surface area contributed by atoms with Gasteiger partial charge in [-0.15, -0.1) is 12.4 Å². The lowest BCUT2D eigenvalue weighted by molar-refractivity contribution is -0.123. The van der Waals surface area contributed by atoms with E-state index in [1.807, 2.05) is 18.2 Å². The molecule has 4 heteroatoms. The predicted octanol–water partition coefficient (Wildman–Crippen LogP) is 0.780. The summed E-state index contributed by atoms with van der Waals surface area (Å²) < 4.78 is 0. The normalized spacial score (nSPS) is 23.8. The van der Waals surface area contributed by atoms with E-state index in [-0.39, 0.29) is 12.4 Å².